The molecule has 0 aliphatic rings. The van der Waals surface area contributed by atoms with Gasteiger partial charge in [-0.05, 0) is 41.7 Å². The topological polar surface area (TPSA) is 45.7 Å². The predicted molar refractivity (Wildman–Crippen MR) is 116 cm³/mol. The molecule has 136 valence electrons. The molecule has 0 aliphatic carbocycles. The maximum absolute atomic E-state index is 5.18. The lowest BCUT2D eigenvalue weighted by Crippen LogP contribution is -2.38. The summed E-state index contributed by atoms with van der Waals surface area (Å²) in [5.41, 5.74) is 3.96. The van der Waals surface area contributed by atoms with E-state index in [4.69, 9.17) is 4.74 Å². The molecule has 2 aromatic rings. The van der Waals surface area contributed by atoms with Crippen molar-refractivity contribution in [1.29, 1.82) is 0 Å². The molecular weight excluding hydrogens is 425 g/mol. The van der Waals surface area contributed by atoms with Crippen LogP contribution in [-0.4, -0.2) is 26.7 Å². The summed E-state index contributed by atoms with van der Waals surface area (Å²) in [5.74, 6) is 1.72. The summed E-state index contributed by atoms with van der Waals surface area (Å²) in [5, 5.41) is 6.75. The zero-order valence-corrected chi connectivity index (χ0v) is 17.5. The molecule has 0 heterocycles. The first-order chi connectivity index (χ1) is 11.8. The van der Waals surface area contributed by atoms with Gasteiger partial charge >= 0.3 is 0 Å². The third kappa shape index (κ3) is 6.94. The minimum Gasteiger partial charge on any atom is -0.497 e. The van der Waals surface area contributed by atoms with Crippen molar-refractivity contribution in [2.45, 2.75) is 26.3 Å². The number of aryl methyl sites for hydroxylation is 1. The number of nitrogens with one attached hydrogen (secondary N) is 2. The van der Waals surface area contributed by atoms with Crippen molar-refractivity contribution < 1.29 is 4.74 Å². The van der Waals surface area contributed by atoms with Crippen LogP contribution >= 0.6 is 24.0 Å². The fourth-order valence-electron chi connectivity index (χ4n) is 2.59. The van der Waals surface area contributed by atoms with E-state index in [0.717, 1.165) is 37.6 Å². The van der Waals surface area contributed by atoms with Crippen molar-refractivity contribution >= 4 is 29.9 Å². The quantitative estimate of drug-likeness (QED) is 0.381. The largest absolute Gasteiger partial charge is 0.497 e. The first-order valence-electron chi connectivity index (χ1n) is 8.41. The third-order valence-electron chi connectivity index (χ3n) is 4.03. The molecule has 0 fully saturated rings. The standard InChI is InChI=1S/C20H27N3O.HI/c1-4-17-7-5-6-8-18(17)15-23-20(21-2)22-14-13-16-9-11-19(24-3)12-10-16;/h5-12H,4,13-15H2,1-3H3,(H2,21,22,23);1H. The Bertz CT molecular complexity index is 656. The van der Waals surface area contributed by atoms with Crippen molar-refractivity contribution in [3.05, 3.63) is 65.2 Å². The van der Waals surface area contributed by atoms with E-state index in [1.807, 2.05) is 12.1 Å². The lowest BCUT2D eigenvalue weighted by atomic mass is 10.1. The number of methoxy groups -OCH3 is 1. The zero-order valence-electron chi connectivity index (χ0n) is 15.2. The molecule has 0 radical (unpaired) electrons. The van der Waals surface area contributed by atoms with E-state index < -0.39 is 0 Å². The van der Waals surface area contributed by atoms with Crippen LogP contribution in [0.15, 0.2) is 53.5 Å². The molecule has 25 heavy (non-hydrogen) atoms. The highest BCUT2D eigenvalue weighted by atomic mass is 127. The van der Waals surface area contributed by atoms with Gasteiger partial charge in [0, 0.05) is 20.1 Å². The minimum atomic E-state index is 0. The number of hydrogen-bond donors (Lipinski definition) is 2. The Morgan fingerprint density at radius 1 is 1.00 bits per heavy atom. The Morgan fingerprint density at radius 2 is 1.68 bits per heavy atom. The van der Waals surface area contributed by atoms with E-state index in [0.29, 0.717) is 0 Å². The molecular formula is C20H28IN3O. The highest BCUT2D eigenvalue weighted by molar-refractivity contribution is 14.0. The molecule has 2 rings (SSSR count). The molecule has 0 amide bonds. The molecule has 5 heteroatoms. The van der Waals surface area contributed by atoms with E-state index in [1.54, 1.807) is 14.2 Å². The fourth-order valence-corrected chi connectivity index (χ4v) is 2.59. The second kappa shape index (κ2) is 11.7. The van der Waals surface area contributed by atoms with Gasteiger partial charge in [-0.2, -0.15) is 0 Å². The average molecular weight is 453 g/mol. The highest BCUT2D eigenvalue weighted by Gasteiger charge is 2.02. The van der Waals surface area contributed by atoms with Gasteiger partial charge in [0.15, 0.2) is 5.96 Å². The van der Waals surface area contributed by atoms with Crippen molar-refractivity contribution in [3.63, 3.8) is 0 Å². The van der Waals surface area contributed by atoms with E-state index >= 15 is 0 Å². The van der Waals surface area contributed by atoms with Crippen LogP contribution in [0.5, 0.6) is 5.75 Å². The van der Waals surface area contributed by atoms with Crippen LogP contribution in [0.3, 0.4) is 0 Å². The van der Waals surface area contributed by atoms with E-state index in [-0.39, 0.29) is 24.0 Å². The Hall–Kier alpha value is -1.76. The molecule has 0 atom stereocenters. The van der Waals surface area contributed by atoms with Gasteiger partial charge in [0.25, 0.3) is 0 Å². The van der Waals surface area contributed by atoms with Crippen molar-refractivity contribution in [2.75, 3.05) is 20.7 Å². The summed E-state index contributed by atoms with van der Waals surface area (Å²) in [6, 6.07) is 16.7. The van der Waals surface area contributed by atoms with Gasteiger partial charge in [-0.3, -0.25) is 4.99 Å². The van der Waals surface area contributed by atoms with Gasteiger partial charge in [0.2, 0.25) is 0 Å². The normalized spacial score (nSPS) is 10.8. The average Bonchev–Trinajstić information content (AvgIpc) is 2.65. The van der Waals surface area contributed by atoms with E-state index in [1.165, 1.54) is 16.7 Å². The molecule has 0 spiro atoms. The number of halogens is 1. The summed E-state index contributed by atoms with van der Waals surface area (Å²) in [7, 11) is 3.48. The zero-order chi connectivity index (χ0) is 17.2. The Kier molecular flexibility index (Phi) is 9.99. The molecule has 0 saturated heterocycles. The molecule has 0 bridgehead atoms. The molecule has 4 nitrogen and oxygen atoms in total. The van der Waals surface area contributed by atoms with Crippen molar-refractivity contribution in [3.8, 4) is 5.75 Å². The highest BCUT2D eigenvalue weighted by Crippen LogP contribution is 2.11. The number of benzene rings is 2. The van der Waals surface area contributed by atoms with Crippen LogP contribution in [0.1, 0.15) is 23.6 Å². The van der Waals surface area contributed by atoms with Gasteiger partial charge < -0.3 is 15.4 Å². The number of aliphatic imine (C=N–C) groups is 1. The first-order valence-corrected chi connectivity index (χ1v) is 8.41. The summed E-state index contributed by atoms with van der Waals surface area (Å²) in [6.45, 7) is 3.80. The second-order valence-electron chi connectivity index (χ2n) is 5.57. The van der Waals surface area contributed by atoms with Gasteiger partial charge in [0.1, 0.15) is 5.75 Å². The van der Waals surface area contributed by atoms with Crippen LogP contribution < -0.4 is 15.4 Å². The number of rotatable bonds is 7. The Labute approximate surface area is 168 Å². The lowest BCUT2D eigenvalue weighted by Gasteiger charge is -2.14. The van der Waals surface area contributed by atoms with Crippen molar-refractivity contribution in [2.24, 2.45) is 4.99 Å². The fraction of sp³-hybridized carbons (Fsp3) is 0.350. The molecule has 0 aliphatic heterocycles. The number of ether oxygens (including phenoxy) is 1. The van der Waals surface area contributed by atoms with Crippen LogP contribution in [0, 0.1) is 0 Å². The summed E-state index contributed by atoms with van der Waals surface area (Å²) < 4.78 is 5.18. The number of guanidine groups is 1. The van der Waals surface area contributed by atoms with Gasteiger partial charge in [-0.15, -0.1) is 24.0 Å². The van der Waals surface area contributed by atoms with E-state index in [9.17, 15) is 0 Å². The summed E-state index contributed by atoms with van der Waals surface area (Å²) in [6.07, 6.45) is 1.98. The first kappa shape index (κ1) is 21.3. The Morgan fingerprint density at radius 3 is 2.28 bits per heavy atom. The van der Waals surface area contributed by atoms with Crippen LogP contribution in [0.4, 0.5) is 0 Å². The van der Waals surface area contributed by atoms with Crippen LogP contribution in [0.25, 0.3) is 0 Å². The van der Waals surface area contributed by atoms with Gasteiger partial charge in [0.05, 0.1) is 7.11 Å². The number of hydrogen-bond acceptors (Lipinski definition) is 2. The van der Waals surface area contributed by atoms with Crippen molar-refractivity contribution in [1.82, 2.24) is 10.6 Å². The molecule has 0 aromatic heterocycles. The summed E-state index contributed by atoms with van der Waals surface area (Å²) >= 11 is 0. The summed E-state index contributed by atoms with van der Waals surface area (Å²) in [4.78, 5) is 4.29. The second-order valence-corrected chi connectivity index (χ2v) is 5.57. The molecule has 2 aromatic carbocycles. The van der Waals surface area contributed by atoms with Crippen LogP contribution in [0.2, 0.25) is 0 Å². The van der Waals surface area contributed by atoms with Gasteiger partial charge in [-0.1, -0.05) is 43.3 Å². The number of nitrogens with zero attached hydrogens (tertiary/aromatic N) is 1. The molecule has 2 N–H and O–H groups in total. The molecule has 0 saturated carbocycles. The molecule has 0 unspecified atom stereocenters. The minimum absolute atomic E-state index is 0. The predicted octanol–water partition coefficient (Wildman–Crippen LogP) is 3.78. The third-order valence-corrected chi connectivity index (χ3v) is 4.03. The van der Waals surface area contributed by atoms with Crippen LogP contribution in [-0.2, 0) is 19.4 Å². The lowest BCUT2D eigenvalue weighted by molar-refractivity contribution is 0.414. The monoisotopic (exact) mass is 453 g/mol. The SMILES string of the molecule is CCc1ccccc1CNC(=NC)NCCc1ccc(OC)cc1.I. The maximum atomic E-state index is 5.18. The van der Waals surface area contributed by atoms with Gasteiger partial charge in [-0.25, -0.2) is 0 Å². The smallest absolute Gasteiger partial charge is 0.191 e. The van der Waals surface area contributed by atoms with E-state index in [2.05, 4.69) is 58.9 Å². The maximum Gasteiger partial charge on any atom is 0.191 e. The Balaban J connectivity index is 0.00000312.